The number of rotatable bonds is 4. The minimum atomic E-state index is -0.447. The normalized spacial score (nSPS) is 10.3. The number of carbonyl (C=O) groups is 2. The molecule has 0 saturated heterocycles. The van der Waals surface area contributed by atoms with Crippen molar-refractivity contribution in [1.29, 1.82) is 0 Å². The smallest absolute Gasteiger partial charge is 0.253 e. The maximum atomic E-state index is 12.0. The molecule has 0 aliphatic rings. The maximum Gasteiger partial charge on any atom is 0.253 e. The number of hydrogen-bond donors (Lipinski definition) is 3. The van der Waals surface area contributed by atoms with Gasteiger partial charge in [0.2, 0.25) is 11.5 Å². The fraction of sp³-hybridized carbons (Fsp3) is 0.0588. The van der Waals surface area contributed by atoms with E-state index in [9.17, 15) is 14.4 Å². The molecule has 0 atom stereocenters. The van der Waals surface area contributed by atoms with Crippen LogP contribution in [0.3, 0.4) is 0 Å². The number of anilines is 1. The number of pyridine rings is 2. The first-order chi connectivity index (χ1) is 11.6. The number of fused-ring (bicyclic) bond motifs is 1. The summed E-state index contributed by atoms with van der Waals surface area (Å²) in [5.41, 5.74) is 1.23. The van der Waals surface area contributed by atoms with Gasteiger partial charge in [-0.15, -0.1) is 0 Å². The molecule has 24 heavy (non-hydrogen) atoms. The summed E-state index contributed by atoms with van der Waals surface area (Å²) in [5.74, 6) is -0.816. The molecule has 3 rings (SSSR count). The predicted octanol–water partition coefficient (Wildman–Crippen LogP) is 1.29. The van der Waals surface area contributed by atoms with Crippen molar-refractivity contribution in [3.8, 4) is 0 Å². The highest BCUT2D eigenvalue weighted by atomic mass is 16.2. The van der Waals surface area contributed by atoms with Gasteiger partial charge in [-0.3, -0.25) is 19.4 Å². The number of benzene rings is 1. The molecule has 0 aliphatic carbocycles. The van der Waals surface area contributed by atoms with Crippen molar-refractivity contribution < 1.29 is 9.59 Å². The molecule has 3 N–H and O–H groups in total. The van der Waals surface area contributed by atoms with E-state index in [1.165, 1.54) is 18.3 Å². The minimum absolute atomic E-state index is 0.193. The SMILES string of the molecule is O=C(CNC(=O)c1ccc(=O)[nH]c1)Nc1cccc2cccnc12. The highest BCUT2D eigenvalue weighted by Gasteiger charge is 2.10. The van der Waals surface area contributed by atoms with Crippen LogP contribution < -0.4 is 16.2 Å². The van der Waals surface area contributed by atoms with Crippen LogP contribution in [0.25, 0.3) is 10.9 Å². The molecule has 2 aromatic heterocycles. The van der Waals surface area contributed by atoms with Gasteiger partial charge in [0.1, 0.15) is 0 Å². The maximum absolute atomic E-state index is 12.0. The Balaban J connectivity index is 1.64. The van der Waals surface area contributed by atoms with Crippen LogP contribution in [0.15, 0.2) is 59.7 Å². The molecular weight excluding hydrogens is 308 g/mol. The second-order valence-electron chi connectivity index (χ2n) is 5.05. The quantitative estimate of drug-likeness (QED) is 0.673. The first-order valence-electron chi connectivity index (χ1n) is 7.24. The molecular formula is C17H14N4O3. The summed E-state index contributed by atoms with van der Waals surface area (Å²) in [7, 11) is 0. The Morgan fingerprint density at radius 1 is 1.08 bits per heavy atom. The van der Waals surface area contributed by atoms with E-state index in [1.807, 2.05) is 24.3 Å². The molecule has 2 heterocycles. The Kier molecular flexibility index (Phi) is 4.33. The van der Waals surface area contributed by atoms with Crippen LogP contribution in [0.5, 0.6) is 0 Å². The summed E-state index contributed by atoms with van der Waals surface area (Å²) < 4.78 is 0. The third kappa shape index (κ3) is 3.46. The number of aromatic amines is 1. The van der Waals surface area contributed by atoms with Gasteiger partial charge in [-0.25, -0.2) is 0 Å². The molecule has 3 aromatic rings. The van der Waals surface area contributed by atoms with Crippen LogP contribution in [0.4, 0.5) is 5.69 Å². The third-order valence-corrected chi connectivity index (χ3v) is 3.36. The van der Waals surface area contributed by atoms with Gasteiger partial charge >= 0.3 is 0 Å². The van der Waals surface area contributed by atoms with Crippen LogP contribution in [-0.2, 0) is 4.79 Å². The molecule has 120 valence electrons. The highest BCUT2D eigenvalue weighted by molar-refractivity contribution is 6.03. The number of nitrogens with zero attached hydrogens (tertiary/aromatic N) is 1. The Bertz CT molecular complexity index is 939. The summed E-state index contributed by atoms with van der Waals surface area (Å²) >= 11 is 0. The zero-order valence-corrected chi connectivity index (χ0v) is 12.6. The minimum Gasteiger partial charge on any atom is -0.343 e. The lowest BCUT2D eigenvalue weighted by Gasteiger charge is -2.09. The number of hydrogen-bond acceptors (Lipinski definition) is 4. The van der Waals surface area contributed by atoms with E-state index in [-0.39, 0.29) is 23.6 Å². The molecule has 0 saturated carbocycles. The zero-order valence-electron chi connectivity index (χ0n) is 12.6. The van der Waals surface area contributed by atoms with Crippen LogP contribution >= 0.6 is 0 Å². The Hall–Kier alpha value is -3.48. The summed E-state index contributed by atoms with van der Waals surface area (Å²) in [6.07, 6.45) is 2.94. The van der Waals surface area contributed by atoms with Crippen molar-refractivity contribution in [2.45, 2.75) is 0 Å². The van der Waals surface area contributed by atoms with Crippen LogP contribution in [0.2, 0.25) is 0 Å². The van der Waals surface area contributed by atoms with Gasteiger partial charge in [0.05, 0.1) is 23.3 Å². The van der Waals surface area contributed by atoms with Crippen molar-refractivity contribution in [3.63, 3.8) is 0 Å². The number of carbonyl (C=O) groups excluding carboxylic acids is 2. The molecule has 2 amide bonds. The van der Waals surface area contributed by atoms with Crippen molar-refractivity contribution in [3.05, 3.63) is 70.8 Å². The van der Waals surface area contributed by atoms with Crippen LogP contribution in [0.1, 0.15) is 10.4 Å². The van der Waals surface area contributed by atoms with Crippen LogP contribution in [-0.4, -0.2) is 28.3 Å². The lowest BCUT2D eigenvalue weighted by Crippen LogP contribution is -2.33. The summed E-state index contributed by atoms with van der Waals surface area (Å²) in [6, 6.07) is 11.8. The van der Waals surface area contributed by atoms with Gasteiger partial charge in [0.25, 0.3) is 5.91 Å². The second kappa shape index (κ2) is 6.74. The lowest BCUT2D eigenvalue weighted by molar-refractivity contribution is -0.115. The Morgan fingerprint density at radius 3 is 2.71 bits per heavy atom. The number of aromatic nitrogens is 2. The Morgan fingerprint density at radius 2 is 1.92 bits per heavy atom. The standard InChI is InChI=1S/C17H14N4O3/c22-14-7-6-12(9-19-14)17(24)20-10-15(23)21-13-5-1-3-11-4-2-8-18-16(11)13/h1-9H,10H2,(H,19,22)(H,20,24)(H,21,23). The Labute approximate surface area is 136 Å². The van der Waals surface area contributed by atoms with E-state index in [4.69, 9.17) is 0 Å². The lowest BCUT2D eigenvalue weighted by atomic mass is 10.2. The van der Waals surface area contributed by atoms with E-state index in [2.05, 4.69) is 20.6 Å². The number of nitrogens with one attached hydrogen (secondary N) is 3. The molecule has 7 heteroatoms. The topological polar surface area (TPSA) is 104 Å². The van der Waals surface area contributed by atoms with E-state index in [0.29, 0.717) is 11.2 Å². The van der Waals surface area contributed by atoms with E-state index in [1.54, 1.807) is 12.3 Å². The first kappa shape index (κ1) is 15.4. The van der Waals surface area contributed by atoms with E-state index in [0.717, 1.165) is 5.39 Å². The molecule has 0 fully saturated rings. The average Bonchev–Trinajstić information content (AvgIpc) is 2.61. The molecule has 0 radical (unpaired) electrons. The largest absolute Gasteiger partial charge is 0.343 e. The van der Waals surface area contributed by atoms with Gasteiger partial charge in [0.15, 0.2) is 0 Å². The monoisotopic (exact) mass is 322 g/mol. The number of H-pyrrole nitrogens is 1. The summed E-state index contributed by atoms with van der Waals surface area (Å²) in [6.45, 7) is -0.193. The molecule has 0 unspecified atom stereocenters. The first-order valence-corrected chi connectivity index (χ1v) is 7.24. The fourth-order valence-electron chi connectivity index (χ4n) is 2.21. The summed E-state index contributed by atoms with van der Waals surface area (Å²) in [5, 5.41) is 6.13. The molecule has 0 spiro atoms. The van der Waals surface area contributed by atoms with Gasteiger partial charge in [-0.1, -0.05) is 18.2 Å². The summed E-state index contributed by atoms with van der Waals surface area (Å²) in [4.78, 5) is 41.6. The van der Waals surface area contributed by atoms with Crippen molar-refractivity contribution >= 4 is 28.4 Å². The number of amides is 2. The van der Waals surface area contributed by atoms with Gasteiger partial charge in [-0.05, 0) is 18.2 Å². The van der Waals surface area contributed by atoms with Crippen molar-refractivity contribution in [2.75, 3.05) is 11.9 Å². The van der Waals surface area contributed by atoms with E-state index >= 15 is 0 Å². The zero-order chi connectivity index (χ0) is 16.9. The van der Waals surface area contributed by atoms with Gasteiger partial charge in [-0.2, -0.15) is 0 Å². The predicted molar refractivity (Wildman–Crippen MR) is 89.8 cm³/mol. The molecule has 7 nitrogen and oxygen atoms in total. The average molecular weight is 322 g/mol. The molecule has 0 bridgehead atoms. The van der Waals surface area contributed by atoms with Crippen LogP contribution in [0, 0.1) is 0 Å². The molecule has 0 aliphatic heterocycles. The van der Waals surface area contributed by atoms with Crippen molar-refractivity contribution in [1.82, 2.24) is 15.3 Å². The number of para-hydroxylation sites is 1. The highest BCUT2D eigenvalue weighted by Crippen LogP contribution is 2.20. The second-order valence-corrected chi connectivity index (χ2v) is 5.05. The van der Waals surface area contributed by atoms with Crippen molar-refractivity contribution in [2.24, 2.45) is 0 Å². The fourth-order valence-corrected chi connectivity index (χ4v) is 2.21. The van der Waals surface area contributed by atoms with Gasteiger partial charge in [0, 0.05) is 23.8 Å². The molecule has 1 aromatic carbocycles. The van der Waals surface area contributed by atoms with E-state index < -0.39 is 5.91 Å². The van der Waals surface area contributed by atoms with Gasteiger partial charge < -0.3 is 15.6 Å². The third-order valence-electron chi connectivity index (χ3n) is 3.36.